The highest BCUT2D eigenvalue weighted by atomic mass is 32.1. The Morgan fingerprint density at radius 3 is 2.93 bits per heavy atom. The van der Waals surface area contributed by atoms with Gasteiger partial charge in [0.15, 0.2) is 0 Å². The number of methoxy groups -OCH3 is 1. The Morgan fingerprint density at radius 2 is 2.25 bits per heavy atom. The van der Waals surface area contributed by atoms with Gasteiger partial charge in [-0.1, -0.05) is 12.1 Å². The number of amides is 2. The largest absolute Gasteiger partial charge is 0.467 e. The van der Waals surface area contributed by atoms with Gasteiger partial charge in [-0.2, -0.15) is 0 Å². The third kappa shape index (κ3) is 4.73. The number of rotatable bonds is 6. The van der Waals surface area contributed by atoms with E-state index < -0.39 is 24.0 Å². The highest BCUT2D eigenvalue weighted by Crippen LogP contribution is 2.16. The fourth-order valence-electron chi connectivity index (χ4n) is 3.08. The van der Waals surface area contributed by atoms with Gasteiger partial charge in [-0.25, -0.2) is 4.79 Å². The minimum absolute atomic E-state index is 0.182. The van der Waals surface area contributed by atoms with Gasteiger partial charge in [0.05, 0.1) is 12.0 Å². The number of esters is 1. The average molecular weight is 402 g/mol. The lowest BCUT2D eigenvalue weighted by molar-refractivity contribution is -0.145. The lowest BCUT2D eigenvalue weighted by atomic mass is 10.1. The summed E-state index contributed by atoms with van der Waals surface area (Å²) >= 11 is 1.34. The van der Waals surface area contributed by atoms with Crippen molar-refractivity contribution in [2.75, 3.05) is 26.7 Å². The van der Waals surface area contributed by atoms with Gasteiger partial charge in [-0.05, 0) is 23.1 Å². The number of carbonyl (C=O) groups is 3. The Bertz CT molecular complexity index is 813. The second-order valence-corrected chi connectivity index (χ2v) is 7.29. The number of piperazine rings is 1. The summed E-state index contributed by atoms with van der Waals surface area (Å²) in [6.45, 7) is 1.35. The molecule has 0 aromatic carbocycles. The number of thiophene rings is 1. The molecule has 0 aliphatic carbocycles. The van der Waals surface area contributed by atoms with E-state index in [0.29, 0.717) is 24.5 Å². The van der Waals surface area contributed by atoms with Gasteiger partial charge in [-0.3, -0.25) is 14.6 Å². The normalized spacial score (nSPS) is 17.6. The molecule has 1 fully saturated rings. The monoisotopic (exact) mass is 402 g/mol. The van der Waals surface area contributed by atoms with E-state index in [2.05, 4.69) is 15.6 Å². The molecule has 3 rings (SSSR count). The third-order valence-electron chi connectivity index (χ3n) is 4.50. The maximum absolute atomic E-state index is 12.9. The molecule has 1 aliphatic heterocycles. The maximum atomic E-state index is 12.9. The molecule has 1 aliphatic rings. The van der Waals surface area contributed by atoms with Crippen LogP contribution in [0.1, 0.15) is 15.2 Å². The van der Waals surface area contributed by atoms with Crippen LogP contribution in [0.4, 0.5) is 0 Å². The average Bonchev–Trinajstić information content (AvgIpc) is 3.27. The number of hydrogen-bond acceptors (Lipinski definition) is 7. The molecule has 0 spiro atoms. The molecule has 1 saturated heterocycles. The van der Waals surface area contributed by atoms with Crippen LogP contribution in [0.2, 0.25) is 0 Å². The summed E-state index contributed by atoms with van der Waals surface area (Å²) in [4.78, 5) is 44.1. The lowest BCUT2D eigenvalue weighted by Crippen LogP contribution is -2.61. The lowest BCUT2D eigenvalue weighted by Gasteiger charge is -2.35. The number of aromatic nitrogens is 1. The summed E-state index contributed by atoms with van der Waals surface area (Å²) < 4.78 is 4.84. The number of ether oxygens (including phenoxy) is 1. The first-order valence-corrected chi connectivity index (χ1v) is 9.80. The molecule has 3 heterocycles. The van der Waals surface area contributed by atoms with Crippen molar-refractivity contribution in [3.8, 4) is 0 Å². The van der Waals surface area contributed by atoms with E-state index in [9.17, 15) is 14.4 Å². The van der Waals surface area contributed by atoms with Gasteiger partial charge >= 0.3 is 5.97 Å². The predicted molar refractivity (Wildman–Crippen MR) is 104 cm³/mol. The van der Waals surface area contributed by atoms with E-state index in [-0.39, 0.29) is 12.3 Å². The summed E-state index contributed by atoms with van der Waals surface area (Å²) in [7, 11) is 1.28. The molecule has 9 heteroatoms. The Kier molecular flexibility index (Phi) is 6.72. The van der Waals surface area contributed by atoms with Crippen molar-refractivity contribution in [3.63, 3.8) is 0 Å². The van der Waals surface area contributed by atoms with Crippen molar-refractivity contribution >= 4 is 29.1 Å². The second-order valence-electron chi connectivity index (χ2n) is 6.35. The van der Waals surface area contributed by atoms with Crippen LogP contribution in [0.15, 0.2) is 42.0 Å². The topological polar surface area (TPSA) is 101 Å². The number of nitrogens with one attached hydrogen (secondary N) is 2. The Hall–Kier alpha value is -2.78. The molecule has 2 aromatic rings. The SMILES string of the molecule is COC(=O)[C@@H](Cc1cccnc1)NC(=O)[C@H]1CNCCN1C(=O)c1cccs1. The summed E-state index contributed by atoms with van der Waals surface area (Å²) in [6.07, 6.45) is 3.53. The van der Waals surface area contributed by atoms with Gasteiger partial charge < -0.3 is 20.3 Å². The van der Waals surface area contributed by atoms with Gasteiger partial charge in [0.2, 0.25) is 5.91 Å². The van der Waals surface area contributed by atoms with Crippen LogP contribution < -0.4 is 10.6 Å². The molecule has 148 valence electrons. The Labute approximate surface area is 166 Å². The van der Waals surface area contributed by atoms with E-state index >= 15 is 0 Å². The maximum Gasteiger partial charge on any atom is 0.328 e. The Balaban J connectivity index is 1.73. The molecular weight excluding hydrogens is 380 g/mol. The van der Waals surface area contributed by atoms with Crippen LogP contribution in [0.5, 0.6) is 0 Å². The quantitative estimate of drug-likeness (QED) is 0.681. The van der Waals surface area contributed by atoms with E-state index in [1.807, 2.05) is 11.4 Å². The molecule has 0 unspecified atom stereocenters. The minimum Gasteiger partial charge on any atom is -0.467 e. The third-order valence-corrected chi connectivity index (χ3v) is 5.36. The first kappa shape index (κ1) is 20.0. The zero-order valence-electron chi connectivity index (χ0n) is 15.5. The van der Waals surface area contributed by atoms with Crippen molar-refractivity contribution < 1.29 is 19.1 Å². The number of pyridine rings is 1. The molecule has 2 aromatic heterocycles. The van der Waals surface area contributed by atoms with Crippen molar-refractivity contribution in [1.29, 1.82) is 0 Å². The van der Waals surface area contributed by atoms with Crippen molar-refractivity contribution in [2.45, 2.75) is 18.5 Å². The van der Waals surface area contributed by atoms with Crippen LogP contribution >= 0.6 is 11.3 Å². The summed E-state index contributed by atoms with van der Waals surface area (Å²) in [6, 6.07) is 5.56. The van der Waals surface area contributed by atoms with Crippen LogP contribution in [-0.4, -0.2) is 66.5 Å². The van der Waals surface area contributed by atoms with Gasteiger partial charge in [0.1, 0.15) is 12.1 Å². The smallest absolute Gasteiger partial charge is 0.328 e. The molecule has 8 nitrogen and oxygen atoms in total. The fraction of sp³-hybridized carbons (Fsp3) is 0.368. The van der Waals surface area contributed by atoms with Crippen LogP contribution in [0.25, 0.3) is 0 Å². The Morgan fingerprint density at radius 1 is 1.39 bits per heavy atom. The second kappa shape index (κ2) is 9.43. The van der Waals surface area contributed by atoms with Crippen molar-refractivity contribution in [1.82, 2.24) is 20.5 Å². The number of nitrogens with zero attached hydrogens (tertiary/aromatic N) is 2. The van der Waals surface area contributed by atoms with Gasteiger partial charge in [-0.15, -0.1) is 11.3 Å². The molecule has 2 atom stereocenters. The first-order valence-electron chi connectivity index (χ1n) is 8.92. The minimum atomic E-state index is -0.859. The molecular formula is C19H22N4O4S. The van der Waals surface area contributed by atoms with E-state index in [1.54, 1.807) is 35.5 Å². The molecule has 0 bridgehead atoms. The van der Waals surface area contributed by atoms with E-state index in [4.69, 9.17) is 4.74 Å². The zero-order chi connectivity index (χ0) is 19.9. The van der Waals surface area contributed by atoms with Crippen molar-refractivity contribution in [2.24, 2.45) is 0 Å². The predicted octanol–water partition coefficient (Wildman–Crippen LogP) is 0.458. The number of hydrogen-bond donors (Lipinski definition) is 2. The number of carbonyl (C=O) groups excluding carboxylic acids is 3. The first-order chi connectivity index (χ1) is 13.6. The van der Waals surface area contributed by atoms with Crippen LogP contribution in [0.3, 0.4) is 0 Å². The van der Waals surface area contributed by atoms with Gasteiger partial charge in [0, 0.05) is 38.4 Å². The standard InChI is InChI=1S/C19H22N4O4S/c1-27-19(26)14(10-13-4-2-6-20-11-13)22-17(24)15-12-21-7-8-23(15)18(25)16-5-3-9-28-16/h2-6,9,11,14-15,21H,7-8,10,12H2,1H3,(H,22,24)/t14-,15-/m1/s1. The fourth-order valence-corrected chi connectivity index (χ4v) is 3.76. The van der Waals surface area contributed by atoms with Gasteiger partial charge in [0.25, 0.3) is 5.91 Å². The highest BCUT2D eigenvalue weighted by molar-refractivity contribution is 7.12. The molecule has 2 amide bonds. The highest BCUT2D eigenvalue weighted by Gasteiger charge is 2.35. The van der Waals surface area contributed by atoms with E-state index in [0.717, 1.165) is 5.56 Å². The summed E-state index contributed by atoms with van der Waals surface area (Å²) in [5, 5.41) is 7.70. The molecule has 2 N–H and O–H groups in total. The summed E-state index contributed by atoms with van der Waals surface area (Å²) in [5.41, 5.74) is 0.798. The van der Waals surface area contributed by atoms with Crippen LogP contribution in [0, 0.1) is 0 Å². The van der Waals surface area contributed by atoms with Crippen LogP contribution in [-0.2, 0) is 20.7 Å². The molecule has 0 radical (unpaired) electrons. The molecule has 0 saturated carbocycles. The molecule has 28 heavy (non-hydrogen) atoms. The van der Waals surface area contributed by atoms with E-state index in [1.165, 1.54) is 18.4 Å². The zero-order valence-corrected chi connectivity index (χ0v) is 16.3. The summed E-state index contributed by atoms with van der Waals surface area (Å²) in [5.74, 6) is -1.12. The van der Waals surface area contributed by atoms with Crippen molar-refractivity contribution in [3.05, 3.63) is 52.5 Å².